The zero-order valence-electron chi connectivity index (χ0n) is 15.1. The number of hydrogen-bond acceptors (Lipinski definition) is 5. The molecule has 6 nitrogen and oxygen atoms in total. The molecule has 7 heteroatoms. The summed E-state index contributed by atoms with van der Waals surface area (Å²) in [7, 11) is -3.45. The van der Waals surface area contributed by atoms with Crippen LogP contribution in [0.25, 0.3) is 0 Å². The first-order valence-electron chi connectivity index (χ1n) is 9.04. The summed E-state index contributed by atoms with van der Waals surface area (Å²) in [5.41, 5.74) is 0.878. The zero-order chi connectivity index (χ0) is 19.1. The number of sulfone groups is 1. The highest BCUT2D eigenvalue weighted by Crippen LogP contribution is 2.21. The standard InChI is InChI=1S/C20H24N2O4S/c23-20(11-13-27(24,25)18-7-2-1-3-8-18)22-14-16-6-4-5-9-19(16)26-17-10-12-21-15-17/h1-9,17,21H,10-15H2,(H,22,23). The first-order chi connectivity index (χ1) is 13.0. The maximum Gasteiger partial charge on any atom is 0.221 e. The summed E-state index contributed by atoms with van der Waals surface area (Å²) in [6, 6.07) is 15.8. The molecule has 144 valence electrons. The molecule has 0 saturated carbocycles. The fourth-order valence-electron chi connectivity index (χ4n) is 2.93. The SMILES string of the molecule is O=C(CCS(=O)(=O)c1ccccc1)NCc1ccccc1OC1CCNC1. The van der Waals surface area contributed by atoms with Crippen LogP contribution in [-0.2, 0) is 21.2 Å². The van der Waals surface area contributed by atoms with Crippen LogP contribution in [0.4, 0.5) is 0 Å². The van der Waals surface area contributed by atoms with Gasteiger partial charge in [-0.25, -0.2) is 8.42 Å². The maximum atomic E-state index is 12.3. The number of para-hydroxylation sites is 1. The molecule has 0 aromatic heterocycles. The molecule has 1 fully saturated rings. The molecule has 1 saturated heterocycles. The van der Waals surface area contributed by atoms with E-state index in [0.717, 1.165) is 30.8 Å². The quantitative estimate of drug-likeness (QED) is 0.722. The summed E-state index contributed by atoms with van der Waals surface area (Å²) in [4.78, 5) is 12.4. The van der Waals surface area contributed by atoms with E-state index in [-0.39, 0.29) is 29.1 Å². The van der Waals surface area contributed by atoms with E-state index in [1.54, 1.807) is 30.3 Å². The third-order valence-electron chi connectivity index (χ3n) is 4.46. The average Bonchev–Trinajstić information content (AvgIpc) is 3.19. The molecule has 0 radical (unpaired) electrons. The second kappa shape index (κ2) is 9.01. The van der Waals surface area contributed by atoms with E-state index in [2.05, 4.69) is 10.6 Å². The fraction of sp³-hybridized carbons (Fsp3) is 0.350. The van der Waals surface area contributed by atoms with Crippen molar-refractivity contribution < 1.29 is 17.9 Å². The Morgan fingerprint density at radius 1 is 1.11 bits per heavy atom. The van der Waals surface area contributed by atoms with Crippen molar-refractivity contribution in [3.63, 3.8) is 0 Å². The van der Waals surface area contributed by atoms with Gasteiger partial charge in [0.25, 0.3) is 0 Å². The van der Waals surface area contributed by atoms with Gasteiger partial charge in [-0.15, -0.1) is 0 Å². The molecule has 1 aliphatic heterocycles. The second-order valence-electron chi connectivity index (χ2n) is 6.50. The lowest BCUT2D eigenvalue weighted by molar-refractivity contribution is -0.120. The Bertz CT molecular complexity index is 863. The maximum absolute atomic E-state index is 12.3. The van der Waals surface area contributed by atoms with Gasteiger partial charge in [0.1, 0.15) is 11.9 Å². The lowest BCUT2D eigenvalue weighted by Crippen LogP contribution is -2.26. The Kier molecular flexibility index (Phi) is 6.47. The number of rotatable bonds is 8. The molecule has 1 aliphatic rings. The Morgan fingerprint density at radius 3 is 2.59 bits per heavy atom. The lowest BCUT2D eigenvalue weighted by Gasteiger charge is -2.16. The number of ether oxygens (including phenoxy) is 1. The molecule has 1 heterocycles. The predicted molar refractivity (Wildman–Crippen MR) is 103 cm³/mol. The van der Waals surface area contributed by atoms with Crippen LogP contribution in [0.1, 0.15) is 18.4 Å². The summed E-state index contributed by atoms with van der Waals surface area (Å²) in [5, 5.41) is 6.04. The van der Waals surface area contributed by atoms with E-state index >= 15 is 0 Å². The average molecular weight is 388 g/mol. The molecular weight excluding hydrogens is 364 g/mol. The summed E-state index contributed by atoms with van der Waals surface area (Å²) < 4.78 is 30.5. The molecule has 3 rings (SSSR count). The largest absolute Gasteiger partial charge is 0.489 e. The van der Waals surface area contributed by atoms with Crippen LogP contribution in [0.3, 0.4) is 0 Å². The number of amides is 1. The summed E-state index contributed by atoms with van der Waals surface area (Å²) in [6.45, 7) is 2.07. The van der Waals surface area contributed by atoms with Gasteiger partial charge >= 0.3 is 0 Å². The van der Waals surface area contributed by atoms with Crippen LogP contribution < -0.4 is 15.4 Å². The van der Waals surface area contributed by atoms with Crippen LogP contribution in [-0.4, -0.2) is 39.3 Å². The highest BCUT2D eigenvalue weighted by atomic mass is 32.2. The molecule has 0 spiro atoms. The van der Waals surface area contributed by atoms with Crippen molar-refractivity contribution in [2.24, 2.45) is 0 Å². The lowest BCUT2D eigenvalue weighted by atomic mass is 10.2. The molecule has 1 amide bonds. The van der Waals surface area contributed by atoms with Gasteiger partial charge in [0.2, 0.25) is 5.91 Å². The zero-order valence-corrected chi connectivity index (χ0v) is 15.9. The minimum absolute atomic E-state index is 0.0766. The van der Waals surface area contributed by atoms with E-state index in [0.29, 0.717) is 6.54 Å². The molecule has 1 atom stereocenters. The van der Waals surface area contributed by atoms with Gasteiger partial charge in [-0.1, -0.05) is 36.4 Å². The summed E-state index contributed by atoms with van der Waals surface area (Å²) in [6.07, 6.45) is 1.02. The van der Waals surface area contributed by atoms with Gasteiger partial charge in [0, 0.05) is 25.1 Å². The van der Waals surface area contributed by atoms with Crippen molar-refractivity contribution >= 4 is 15.7 Å². The summed E-state index contributed by atoms with van der Waals surface area (Å²) >= 11 is 0. The normalized spacial score (nSPS) is 16.8. The number of carbonyl (C=O) groups excluding carboxylic acids is 1. The van der Waals surface area contributed by atoms with Crippen molar-refractivity contribution in [3.05, 3.63) is 60.2 Å². The highest BCUT2D eigenvalue weighted by Gasteiger charge is 2.18. The van der Waals surface area contributed by atoms with Crippen molar-refractivity contribution in [2.75, 3.05) is 18.8 Å². The molecule has 1 unspecified atom stereocenters. The van der Waals surface area contributed by atoms with Crippen LogP contribution in [0, 0.1) is 0 Å². The smallest absolute Gasteiger partial charge is 0.221 e. The molecular formula is C20H24N2O4S. The van der Waals surface area contributed by atoms with E-state index in [1.807, 2.05) is 24.3 Å². The number of benzene rings is 2. The van der Waals surface area contributed by atoms with E-state index in [9.17, 15) is 13.2 Å². The highest BCUT2D eigenvalue weighted by molar-refractivity contribution is 7.91. The van der Waals surface area contributed by atoms with E-state index < -0.39 is 9.84 Å². The topological polar surface area (TPSA) is 84.5 Å². The Morgan fingerprint density at radius 2 is 1.85 bits per heavy atom. The van der Waals surface area contributed by atoms with Crippen LogP contribution in [0.15, 0.2) is 59.5 Å². The van der Waals surface area contributed by atoms with Crippen molar-refractivity contribution in [2.45, 2.75) is 30.4 Å². The third-order valence-corrected chi connectivity index (χ3v) is 6.19. The van der Waals surface area contributed by atoms with Gasteiger partial charge in [-0.3, -0.25) is 4.79 Å². The van der Waals surface area contributed by atoms with E-state index in [1.165, 1.54) is 0 Å². The first-order valence-corrected chi connectivity index (χ1v) is 10.7. The second-order valence-corrected chi connectivity index (χ2v) is 8.61. The van der Waals surface area contributed by atoms with Gasteiger partial charge < -0.3 is 15.4 Å². The molecule has 2 N–H and O–H groups in total. The van der Waals surface area contributed by atoms with Crippen LogP contribution >= 0.6 is 0 Å². The Labute approximate surface area is 159 Å². The molecule has 0 aliphatic carbocycles. The number of hydrogen-bond donors (Lipinski definition) is 2. The monoisotopic (exact) mass is 388 g/mol. The van der Waals surface area contributed by atoms with Crippen molar-refractivity contribution in [3.8, 4) is 5.75 Å². The molecule has 27 heavy (non-hydrogen) atoms. The fourth-order valence-corrected chi connectivity index (χ4v) is 4.19. The van der Waals surface area contributed by atoms with Crippen LogP contribution in [0.5, 0.6) is 5.75 Å². The van der Waals surface area contributed by atoms with Gasteiger partial charge in [-0.05, 0) is 31.2 Å². The summed E-state index contributed by atoms with van der Waals surface area (Å²) in [5.74, 6) is 0.240. The van der Waals surface area contributed by atoms with Gasteiger partial charge in [-0.2, -0.15) is 0 Å². The molecule has 2 aromatic rings. The number of carbonyl (C=O) groups is 1. The predicted octanol–water partition coefficient (Wildman–Crippen LogP) is 1.91. The molecule has 2 aromatic carbocycles. The first kappa shape index (κ1) is 19.4. The molecule has 0 bridgehead atoms. The van der Waals surface area contributed by atoms with Gasteiger partial charge in [0.15, 0.2) is 9.84 Å². The Balaban J connectivity index is 1.52. The van der Waals surface area contributed by atoms with Crippen LogP contribution in [0.2, 0.25) is 0 Å². The minimum atomic E-state index is -3.45. The Hall–Kier alpha value is -2.38. The number of nitrogens with one attached hydrogen (secondary N) is 2. The third kappa shape index (κ3) is 5.55. The van der Waals surface area contributed by atoms with Crippen molar-refractivity contribution in [1.82, 2.24) is 10.6 Å². The van der Waals surface area contributed by atoms with Crippen molar-refractivity contribution in [1.29, 1.82) is 0 Å². The van der Waals surface area contributed by atoms with Gasteiger partial charge in [0.05, 0.1) is 10.6 Å². The van der Waals surface area contributed by atoms with E-state index in [4.69, 9.17) is 4.74 Å². The minimum Gasteiger partial charge on any atom is -0.489 e.